The fourth-order valence-electron chi connectivity index (χ4n) is 8.17. The van der Waals surface area contributed by atoms with Crippen molar-refractivity contribution in [1.82, 2.24) is 0 Å². The van der Waals surface area contributed by atoms with Gasteiger partial charge in [0.15, 0.2) is 16.6 Å². The zero-order valence-electron chi connectivity index (χ0n) is 32.0. The number of rotatable bonds is 11. The number of hydrogen-bond acceptors (Lipinski definition) is 11. The van der Waals surface area contributed by atoms with Crippen LogP contribution in [-0.4, -0.2) is 105 Å². The van der Waals surface area contributed by atoms with E-state index in [1.165, 1.54) is 0 Å². The highest BCUT2D eigenvalue weighted by Gasteiger charge is 2.69. The first-order valence-electron chi connectivity index (χ1n) is 18.5. The largest absolute Gasteiger partial charge is 0.481 e. The molecule has 0 aromatic rings. The van der Waals surface area contributed by atoms with Crippen molar-refractivity contribution in [3.05, 3.63) is 0 Å². The molecule has 2 heterocycles. The van der Waals surface area contributed by atoms with Gasteiger partial charge in [0, 0.05) is 48.6 Å². The highest BCUT2D eigenvalue weighted by Crippen LogP contribution is 2.59. The normalized spacial score (nSPS) is 35.9. The number of aliphatic hydroxyl groups is 2. The van der Waals surface area contributed by atoms with Crippen LogP contribution in [0.1, 0.15) is 67.2 Å². The average Bonchev–Trinajstić information content (AvgIpc) is 3.81. The smallest absolute Gasteiger partial charge is 0.310 e. The number of aliphatic carboxylic acids is 1. The van der Waals surface area contributed by atoms with Crippen molar-refractivity contribution in [1.29, 1.82) is 0 Å². The van der Waals surface area contributed by atoms with Crippen LogP contribution in [0.25, 0.3) is 0 Å². The fourth-order valence-corrected chi connectivity index (χ4v) is 10.6. The predicted octanol–water partition coefficient (Wildman–Crippen LogP) is 5.14. The first-order chi connectivity index (χ1) is 23.5. The Kier molecular flexibility index (Phi) is 13.1. The molecule has 0 aromatic heterocycles. The van der Waals surface area contributed by atoms with E-state index >= 15 is 0 Å². The molecule has 0 radical (unpaired) electrons. The summed E-state index contributed by atoms with van der Waals surface area (Å²) >= 11 is 3.40. The van der Waals surface area contributed by atoms with Crippen LogP contribution < -0.4 is 0 Å². The van der Waals surface area contributed by atoms with Crippen molar-refractivity contribution in [2.45, 2.75) is 128 Å². The van der Waals surface area contributed by atoms with E-state index in [2.05, 4.69) is 83.7 Å². The maximum Gasteiger partial charge on any atom is 0.310 e. The van der Waals surface area contributed by atoms with E-state index in [1.54, 1.807) is 0 Å². The molecule has 6 aliphatic rings. The van der Waals surface area contributed by atoms with Crippen LogP contribution in [0, 0.1) is 47.3 Å². The highest BCUT2D eigenvalue weighted by molar-refractivity contribution is 9.09. The Bertz CT molecular complexity index is 1300. The Labute approximate surface area is 313 Å². The number of fused-ring (bicyclic) bond motifs is 2. The van der Waals surface area contributed by atoms with E-state index in [4.69, 9.17) is 28.2 Å². The summed E-state index contributed by atoms with van der Waals surface area (Å²) in [6.45, 7) is 24.1. The molecule has 2 aliphatic heterocycles. The van der Waals surface area contributed by atoms with E-state index in [9.17, 15) is 29.4 Å². The minimum Gasteiger partial charge on any atom is -0.481 e. The molecule has 4 saturated carbocycles. The summed E-state index contributed by atoms with van der Waals surface area (Å²) in [5.74, 6) is -4.95. The van der Waals surface area contributed by atoms with Gasteiger partial charge in [-0.15, -0.1) is 0 Å². The number of carboxylic acid groups (broad SMARTS) is 1. The number of halogens is 1. The average molecular weight is 822 g/mol. The molecule has 51 heavy (non-hydrogen) atoms. The topological polar surface area (TPSA) is 175 Å². The molecule has 2 saturated heterocycles. The van der Waals surface area contributed by atoms with Gasteiger partial charge in [-0.3, -0.25) is 19.2 Å². The van der Waals surface area contributed by atoms with Crippen molar-refractivity contribution in [2.24, 2.45) is 47.3 Å². The second-order valence-electron chi connectivity index (χ2n) is 18.1. The van der Waals surface area contributed by atoms with Gasteiger partial charge in [0.05, 0.1) is 42.5 Å². The molecule has 15 heteroatoms. The maximum absolute atomic E-state index is 12.5. The van der Waals surface area contributed by atoms with Crippen LogP contribution in [0.15, 0.2) is 0 Å². The molecule has 6 fully saturated rings. The standard InChI is InChI=1S/C18H30O6Si.C9H21BrOSi.C9H10O5/c1-18(2,3)25(4,5)23-8-6-7-22-16(20)12-10-9-11-13(12)17(21)24-15(11)14(10)19;1-9(2,3)12(4,5)11-8-6-7-10;10-6-2-1-3-5(4(2)8(11)12)9(13)14-7(3)6/h10-15,19H,6-9H2,1-5H3;6-8H2,1-5H3;2-7,10H,1H2,(H,11,12). The van der Waals surface area contributed by atoms with Gasteiger partial charge >= 0.3 is 23.9 Å². The fraction of sp³-hybridized carbons (Fsp3) is 0.889. The minimum absolute atomic E-state index is 0.0213. The number of hydrogen-bond donors (Lipinski definition) is 3. The third-order valence-electron chi connectivity index (χ3n) is 13.1. The van der Waals surface area contributed by atoms with Gasteiger partial charge in [-0.1, -0.05) is 57.5 Å². The van der Waals surface area contributed by atoms with Crippen molar-refractivity contribution >= 4 is 56.4 Å². The lowest BCUT2D eigenvalue weighted by atomic mass is 9.78. The summed E-state index contributed by atoms with van der Waals surface area (Å²) in [4.78, 5) is 46.7. The number of carbonyl (C=O) groups excluding carboxylic acids is 3. The van der Waals surface area contributed by atoms with E-state index in [0.717, 1.165) is 18.4 Å². The molecule has 12 unspecified atom stereocenters. The lowest BCUT2D eigenvalue weighted by Gasteiger charge is -2.36. The van der Waals surface area contributed by atoms with Gasteiger partial charge in [0.25, 0.3) is 0 Å². The Balaban J connectivity index is 0.000000189. The molecule has 0 aromatic carbocycles. The monoisotopic (exact) mass is 820 g/mol. The molecular weight excluding hydrogens is 760 g/mol. The van der Waals surface area contributed by atoms with Crippen LogP contribution in [0.4, 0.5) is 0 Å². The summed E-state index contributed by atoms with van der Waals surface area (Å²) in [6, 6.07) is 0. The SMILES string of the molecule is CC(C)(C)[Si](C)(C)OCCCBr.CC(C)(C)[Si](C)(C)OCCCOC(=O)C1C2CC3C(OC(=O)C31)C2O.O=C(O)C1C2CC3C(OC(=O)C31)C2O. The Morgan fingerprint density at radius 1 is 0.725 bits per heavy atom. The predicted molar refractivity (Wildman–Crippen MR) is 197 cm³/mol. The van der Waals surface area contributed by atoms with Gasteiger partial charge in [-0.05, 0) is 55.5 Å². The number of aliphatic hydroxyl groups excluding tert-OH is 2. The highest BCUT2D eigenvalue weighted by atomic mass is 79.9. The summed E-state index contributed by atoms with van der Waals surface area (Å²) in [5.41, 5.74) is 0. The Hall–Kier alpha value is -1.37. The van der Waals surface area contributed by atoms with Gasteiger partial charge < -0.3 is 38.4 Å². The molecule has 12 nitrogen and oxygen atoms in total. The van der Waals surface area contributed by atoms with Crippen molar-refractivity contribution in [3.8, 4) is 0 Å². The second kappa shape index (κ2) is 15.8. The van der Waals surface area contributed by atoms with E-state index in [1.807, 2.05) is 0 Å². The number of carbonyl (C=O) groups is 4. The first kappa shape index (κ1) is 42.4. The maximum atomic E-state index is 12.5. The summed E-state index contributed by atoms with van der Waals surface area (Å²) in [7, 11) is -3.25. The summed E-state index contributed by atoms with van der Waals surface area (Å²) in [6.07, 6.45) is 0.690. The van der Waals surface area contributed by atoms with Crippen molar-refractivity contribution in [3.63, 3.8) is 0 Å². The van der Waals surface area contributed by atoms with Crippen LogP contribution in [-0.2, 0) is 42.2 Å². The van der Waals surface area contributed by atoms with Gasteiger partial charge in [0.2, 0.25) is 0 Å². The molecular formula is C36H61BrO12Si2. The number of carboxylic acids is 1. The number of esters is 3. The van der Waals surface area contributed by atoms with Crippen molar-refractivity contribution in [2.75, 3.05) is 25.2 Å². The molecule has 0 amide bonds. The quantitative estimate of drug-likeness (QED) is 0.0825. The van der Waals surface area contributed by atoms with E-state index in [-0.39, 0.29) is 47.3 Å². The van der Waals surface area contributed by atoms with E-state index < -0.39 is 76.7 Å². The minimum atomic E-state index is -1.78. The second-order valence-corrected chi connectivity index (χ2v) is 28.5. The zero-order chi connectivity index (χ0) is 38.4. The van der Waals surface area contributed by atoms with Crippen LogP contribution in [0.3, 0.4) is 0 Å². The Morgan fingerprint density at radius 3 is 1.55 bits per heavy atom. The first-order valence-corrected chi connectivity index (χ1v) is 25.4. The van der Waals surface area contributed by atoms with E-state index in [0.29, 0.717) is 30.9 Å². The third-order valence-corrected chi connectivity index (χ3v) is 22.7. The molecule has 12 atom stereocenters. The molecule has 292 valence electrons. The van der Waals surface area contributed by atoms with Gasteiger partial charge in [-0.2, -0.15) is 0 Å². The lowest BCUT2D eigenvalue weighted by Crippen LogP contribution is -2.42. The summed E-state index contributed by atoms with van der Waals surface area (Å²) in [5, 5.41) is 30.4. The lowest BCUT2D eigenvalue weighted by molar-refractivity contribution is -0.156. The molecule has 3 N–H and O–H groups in total. The molecule has 0 spiro atoms. The van der Waals surface area contributed by atoms with Crippen molar-refractivity contribution < 1.29 is 57.6 Å². The van der Waals surface area contributed by atoms with Crippen LogP contribution in [0.5, 0.6) is 0 Å². The third kappa shape index (κ3) is 8.49. The van der Waals surface area contributed by atoms with Crippen LogP contribution >= 0.6 is 15.9 Å². The zero-order valence-corrected chi connectivity index (χ0v) is 35.6. The molecule has 6 rings (SSSR count). The summed E-state index contributed by atoms with van der Waals surface area (Å²) < 4.78 is 27.6. The number of ether oxygens (including phenoxy) is 3. The van der Waals surface area contributed by atoms with Crippen LogP contribution in [0.2, 0.25) is 36.3 Å². The molecule has 4 bridgehead atoms. The van der Waals surface area contributed by atoms with Gasteiger partial charge in [0.1, 0.15) is 12.2 Å². The Morgan fingerprint density at radius 2 is 1.14 bits per heavy atom. The van der Waals surface area contributed by atoms with Gasteiger partial charge in [-0.25, -0.2) is 0 Å². The number of alkyl halides is 1. The molecule has 4 aliphatic carbocycles.